The largest absolute Gasteiger partial charge is 0.481 e. The normalized spacial score (nSPS) is 10.0. The zero-order valence-corrected chi connectivity index (χ0v) is 6.36. The molecular weight excluding hydrogens is 162 g/mol. The number of nitrogen functional groups attached to an aromatic ring is 1. The van der Waals surface area contributed by atoms with Gasteiger partial charge in [-0.25, -0.2) is 0 Å². The highest BCUT2D eigenvalue weighted by atomic mass is 16.5. The molecule has 0 aromatic carbocycles. The lowest BCUT2D eigenvalue weighted by Crippen LogP contribution is -1.96. The van der Waals surface area contributed by atoms with E-state index in [2.05, 4.69) is 14.7 Å². The van der Waals surface area contributed by atoms with Gasteiger partial charge in [-0.2, -0.15) is 4.98 Å². The van der Waals surface area contributed by atoms with Crippen molar-refractivity contribution in [2.75, 3.05) is 5.73 Å². The van der Waals surface area contributed by atoms with Crippen molar-refractivity contribution in [1.82, 2.24) is 10.1 Å². The zero-order chi connectivity index (χ0) is 8.97. The monoisotopic (exact) mass is 171 g/mol. The molecule has 1 aromatic heterocycles. The van der Waals surface area contributed by atoms with E-state index in [0.717, 1.165) is 0 Å². The van der Waals surface area contributed by atoms with Gasteiger partial charge in [-0.1, -0.05) is 0 Å². The lowest BCUT2D eigenvalue weighted by molar-refractivity contribution is -0.137. The summed E-state index contributed by atoms with van der Waals surface area (Å²) in [5.41, 5.74) is 5.18. The molecule has 12 heavy (non-hydrogen) atoms. The van der Waals surface area contributed by atoms with Gasteiger partial charge in [0.05, 0.1) is 0 Å². The van der Waals surface area contributed by atoms with E-state index in [9.17, 15) is 4.79 Å². The Morgan fingerprint density at radius 2 is 2.42 bits per heavy atom. The molecular formula is C6H9N3O3. The van der Waals surface area contributed by atoms with Gasteiger partial charge in [0, 0.05) is 12.8 Å². The first-order valence-corrected chi connectivity index (χ1v) is 3.48. The first kappa shape index (κ1) is 8.51. The van der Waals surface area contributed by atoms with E-state index in [-0.39, 0.29) is 12.4 Å². The highest BCUT2D eigenvalue weighted by molar-refractivity contribution is 5.66. The van der Waals surface area contributed by atoms with Crippen LogP contribution in [0.25, 0.3) is 0 Å². The Morgan fingerprint density at radius 1 is 1.67 bits per heavy atom. The van der Waals surface area contributed by atoms with Gasteiger partial charge < -0.3 is 15.4 Å². The quantitative estimate of drug-likeness (QED) is 0.664. The topological polar surface area (TPSA) is 102 Å². The van der Waals surface area contributed by atoms with Gasteiger partial charge in [0.2, 0.25) is 5.89 Å². The van der Waals surface area contributed by atoms with Gasteiger partial charge in [0.25, 0.3) is 5.95 Å². The highest BCUT2D eigenvalue weighted by Crippen LogP contribution is 2.03. The molecule has 0 aliphatic heterocycles. The van der Waals surface area contributed by atoms with Crippen LogP contribution in [-0.2, 0) is 11.2 Å². The Hall–Kier alpha value is -1.59. The Morgan fingerprint density at radius 3 is 2.92 bits per heavy atom. The Labute approximate surface area is 68.4 Å². The summed E-state index contributed by atoms with van der Waals surface area (Å²) in [5.74, 6) is -0.364. The van der Waals surface area contributed by atoms with Gasteiger partial charge in [-0.15, -0.1) is 0 Å². The maximum atomic E-state index is 10.1. The first-order chi connectivity index (χ1) is 5.68. The fourth-order valence-corrected chi connectivity index (χ4v) is 0.760. The fourth-order valence-electron chi connectivity index (χ4n) is 0.760. The van der Waals surface area contributed by atoms with Crippen molar-refractivity contribution in [1.29, 1.82) is 0 Å². The van der Waals surface area contributed by atoms with Gasteiger partial charge in [-0.05, 0) is 11.6 Å². The predicted octanol–water partition coefficient (Wildman–Crippen LogP) is 0.0591. The van der Waals surface area contributed by atoms with Crippen LogP contribution in [0.5, 0.6) is 0 Å². The number of aliphatic carboxylic acids is 1. The minimum absolute atomic E-state index is 0.0836. The number of anilines is 1. The number of hydrogen-bond donors (Lipinski definition) is 2. The summed E-state index contributed by atoms with van der Waals surface area (Å²) in [4.78, 5) is 13.8. The molecule has 0 atom stereocenters. The molecule has 0 radical (unpaired) electrons. The van der Waals surface area contributed by atoms with E-state index < -0.39 is 5.97 Å². The molecule has 1 aromatic rings. The van der Waals surface area contributed by atoms with E-state index in [0.29, 0.717) is 18.7 Å². The van der Waals surface area contributed by atoms with Crippen molar-refractivity contribution < 1.29 is 14.4 Å². The molecule has 0 bridgehead atoms. The van der Waals surface area contributed by atoms with Crippen LogP contribution >= 0.6 is 0 Å². The number of carboxylic acids is 1. The third kappa shape index (κ3) is 2.57. The van der Waals surface area contributed by atoms with Crippen molar-refractivity contribution >= 4 is 11.9 Å². The summed E-state index contributed by atoms with van der Waals surface area (Å²) in [7, 11) is 0. The van der Waals surface area contributed by atoms with Crippen molar-refractivity contribution in [3.05, 3.63) is 5.89 Å². The highest BCUT2D eigenvalue weighted by Gasteiger charge is 2.03. The average molecular weight is 171 g/mol. The lowest BCUT2D eigenvalue weighted by atomic mass is 10.2. The van der Waals surface area contributed by atoms with Gasteiger partial charge in [0.1, 0.15) is 0 Å². The number of aryl methyl sites for hydroxylation is 1. The van der Waals surface area contributed by atoms with E-state index >= 15 is 0 Å². The molecule has 6 heteroatoms. The summed E-state index contributed by atoms with van der Waals surface area (Å²) < 4.78 is 4.67. The molecule has 1 heterocycles. The molecule has 0 saturated carbocycles. The van der Waals surface area contributed by atoms with Crippen LogP contribution in [0.2, 0.25) is 0 Å². The van der Waals surface area contributed by atoms with Crippen LogP contribution in [-0.4, -0.2) is 21.2 Å². The standard InChI is InChI=1S/C6H9N3O3/c7-6-8-4(12-9-6)2-1-3-5(10)11/h1-3H2,(H2,7,9)(H,10,11). The summed E-state index contributed by atoms with van der Waals surface area (Å²) in [6, 6.07) is 0. The molecule has 0 amide bonds. The third-order valence-corrected chi connectivity index (χ3v) is 1.27. The second kappa shape index (κ2) is 3.70. The number of nitrogens with zero attached hydrogens (tertiary/aromatic N) is 2. The molecule has 0 unspecified atom stereocenters. The van der Waals surface area contributed by atoms with Crippen molar-refractivity contribution in [2.24, 2.45) is 0 Å². The second-order valence-corrected chi connectivity index (χ2v) is 2.29. The van der Waals surface area contributed by atoms with Crippen molar-refractivity contribution in [2.45, 2.75) is 19.3 Å². The maximum Gasteiger partial charge on any atom is 0.303 e. The van der Waals surface area contributed by atoms with E-state index in [4.69, 9.17) is 10.8 Å². The fraction of sp³-hybridized carbons (Fsp3) is 0.500. The average Bonchev–Trinajstić information content (AvgIpc) is 2.35. The molecule has 0 fully saturated rings. The van der Waals surface area contributed by atoms with Gasteiger partial charge >= 0.3 is 5.97 Å². The zero-order valence-electron chi connectivity index (χ0n) is 6.36. The summed E-state index contributed by atoms with van der Waals surface area (Å²) in [6.07, 6.45) is 1.04. The number of carbonyl (C=O) groups is 1. The van der Waals surface area contributed by atoms with Crippen LogP contribution in [0.1, 0.15) is 18.7 Å². The van der Waals surface area contributed by atoms with Gasteiger partial charge in [-0.3, -0.25) is 4.79 Å². The van der Waals surface area contributed by atoms with Crippen LogP contribution in [0.15, 0.2) is 4.52 Å². The maximum absolute atomic E-state index is 10.1. The molecule has 0 spiro atoms. The molecule has 0 aliphatic carbocycles. The van der Waals surface area contributed by atoms with Crippen LogP contribution in [0.3, 0.4) is 0 Å². The first-order valence-electron chi connectivity index (χ1n) is 3.48. The third-order valence-electron chi connectivity index (χ3n) is 1.27. The van der Waals surface area contributed by atoms with Crippen LogP contribution < -0.4 is 5.73 Å². The van der Waals surface area contributed by atoms with Gasteiger partial charge in [0.15, 0.2) is 0 Å². The Balaban J connectivity index is 2.29. The number of nitrogens with two attached hydrogens (primary N) is 1. The second-order valence-electron chi connectivity index (χ2n) is 2.29. The molecule has 66 valence electrons. The summed E-state index contributed by atoms with van der Waals surface area (Å²) >= 11 is 0. The van der Waals surface area contributed by atoms with E-state index in [1.54, 1.807) is 0 Å². The summed E-state index contributed by atoms with van der Waals surface area (Å²) in [6.45, 7) is 0. The number of rotatable bonds is 4. The van der Waals surface area contributed by atoms with Crippen molar-refractivity contribution in [3.63, 3.8) is 0 Å². The smallest absolute Gasteiger partial charge is 0.303 e. The molecule has 6 nitrogen and oxygen atoms in total. The minimum atomic E-state index is -0.831. The number of aromatic nitrogens is 2. The van der Waals surface area contributed by atoms with E-state index in [1.807, 2.05) is 0 Å². The van der Waals surface area contributed by atoms with Crippen LogP contribution in [0.4, 0.5) is 5.95 Å². The minimum Gasteiger partial charge on any atom is -0.481 e. The molecule has 0 aliphatic rings. The number of carboxylic acid groups (broad SMARTS) is 1. The SMILES string of the molecule is Nc1noc(CCCC(=O)O)n1. The molecule has 1 rings (SSSR count). The molecule has 0 saturated heterocycles. The Bertz CT molecular complexity index is 271. The van der Waals surface area contributed by atoms with Crippen LogP contribution in [0, 0.1) is 0 Å². The number of hydrogen-bond acceptors (Lipinski definition) is 5. The lowest BCUT2D eigenvalue weighted by Gasteiger charge is -1.89. The van der Waals surface area contributed by atoms with E-state index in [1.165, 1.54) is 0 Å². The Kier molecular flexibility index (Phi) is 2.62. The predicted molar refractivity (Wildman–Crippen MR) is 39.3 cm³/mol. The molecule has 3 N–H and O–H groups in total. The summed E-state index contributed by atoms with van der Waals surface area (Å²) in [5, 5.41) is 11.7. The van der Waals surface area contributed by atoms with Crippen molar-refractivity contribution in [3.8, 4) is 0 Å².